The highest BCUT2D eigenvalue weighted by molar-refractivity contribution is 5.96. The number of rotatable bonds is 2. The Balaban J connectivity index is 2.58. The van der Waals surface area contributed by atoms with Gasteiger partial charge in [0.15, 0.2) is 0 Å². The third kappa shape index (κ3) is 1.10. The fourth-order valence-corrected chi connectivity index (χ4v) is 0.987. The predicted molar refractivity (Wildman–Crippen MR) is 40.3 cm³/mol. The summed E-state index contributed by atoms with van der Waals surface area (Å²) in [5.41, 5.74) is 2.14. The number of hydrogen-bond donors (Lipinski definition) is 1. The molecule has 0 aromatic heterocycles. The van der Waals surface area contributed by atoms with E-state index in [1.807, 2.05) is 6.92 Å². The zero-order valence-corrected chi connectivity index (χ0v) is 6.11. The first-order valence-electron chi connectivity index (χ1n) is 3.36. The van der Waals surface area contributed by atoms with Gasteiger partial charge in [0.1, 0.15) is 0 Å². The van der Waals surface area contributed by atoms with Crippen LogP contribution >= 0.6 is 0 Å². The summed E-state index contributed by atoms with van der Waals surface area (Å²) < 4.78 is 0. The van der Waals surface area contributed by atoms with Gasteiger partial charge in [-0.05, 0) is 26.0 Å². The molecule has 1 rings (SSSR count). The highest BCUT2D eigenvalue weighted by Gasteiger charge is 2.18. The highest BCUT2D eigenvalue weighted by atomic mass is 16.1. The lowest BCUT2D eigenvalue weighted by molar-refractivity contribution is -0.117. The van der Waals surface area contributed by atoms with E-state index in [-0.39, 0.29) is 5.91 Å². The molecule has 54 valence electrons. The van der Waals surface area contributed by atoms with Gasteiger partial charge in [0.2, 0.25) is 0 Å². The standard InChI is InChI=1S/C8H11NO/c1-3-9-8(10)7-5-4-6(7)2/h3H,1,4-5H2,2H3,(H,9,10). The number of allylic oxidation sites excluding steroid dienone is 1. The van der Waals surface area contributed by atoms with E-state index >= 15 is 0 Å². The Morgan fingerprint density at radius 1 is 1.70 bits per heavy atom. The van der Waals surface area contributed by atoms with Crippen LogP contribution in [0.2, 0.25) is 0 Å². The monoisotopic (exact) mass is 137 g/mol. The zero-order chi connectivity index (χ0) is 7.56. The first-order chi connectivity index (χ1) is 4.75. The molecule has 2 nitrogen and oxygen atoms in total. The molecule has 0 aromatic carbocycles. The normalized spacial score (nSPS) is 16.1. The summed E-state index contributed by atoms with van der Waals surface area (Å²) in [4.78, 5) is 11.0. The topological polar surface area (TPSA) is 29.1 Å². The van der Waals surface area contributed by atoms with E-state index in [2.05, 4.69) is 11.9 Å². The van der Waals surface area contributed by atoms with Crippen molar-refractivity contribution in [2.45, 2.75) is 19.8 Å². The fraction of sp³-hybridized carbons (Fsp3) is 0.375. The summed E-state index contributed by atoms with van der Waals surface area (Å²) in [6.45, 7) is 5.40. The molecular formula is C8H11NO. The minimum atomic E-state index is 0.0127. The van der Waals surface area contributed by atoms with Crippen molar-refractivity contribution in [1.29, 1.82) is 0 Å². The van der Waals surface area contributed by atoms with E-state index in [9.17, 15) is 4.79 Å². The Bertz CT molecular complexity index is 203. The van der Waals surface area contributed by atoms with Crippen LogP contribution in [0.3, 0.4) is 0 Å². The number of carbonyl (C=O) groups excluding carboxylic acids is 1. The van der Waals surface area contributed by atoms with Crippen LogP contribution in [0.4, 0.5) is 0 Å². The molecule has 1 amide bonds. The van der Waals surface area contributed by atoms with Crippen LogP contribution in [0.15, 0.2) is 23.9 Å². The van der Waals surface area contributed by atoms with Crippen molar-refractivity contribution in [3.8, 4) is 0 Å². The summed E-state index contributed by atoms with van der Waals surface area (Å²) in [5.74, 6) is 0.0127. The van der Waals surface area contributed by atoms with E-state index in [4.69, 9.17) is 0 Å². The maximum atomic E-state index is 11.0. The van der Waals surface area contributed by atoms with Gasteiger partial charge in [-0.2, -0.15) is 0 Å². The smallest absolute Gasteiger partial charge is 0.251 e. The second kappa shape index (κ2) is 2.69. The van der Waals surface area contributed by atoms with Crippen LogP contribution in [-0.4, -0.2) is 5.91 Å². The van der Waals surface area contributed by atoms with Crippen molar-refractivity contribution in [2.75, 3.05) is 0 Å². The van der Waals surface area contributed by atoms with Crippen molar-refractivity contribution < 1.29 is 4.79 Å². The Kier molecular flexibility index (Phi) is 1.90. The van der Waals surface area contributed by atoms with Gasteiger partial charge in [0, 0.05) is 5.57 Å². The van der Waals surface area contributed by atoms with Crippen molar-refractivity contribution in [1.82, 2.24) is 5.32 Å². The number of amides is 1. The third-order valence-electron chi connectivity index (χ3n) is 1.77. The van der Waals surface area contributed by atoms with Gasteiger partial charge >= 0.3 is 0 Å². The second-order valence-electron chi connectivity index (χ2n) is 2.44. The largest absolute Gasteiger partial charge is 0.329 e. The summed E-state index contributed by atoms with van der Waals surface area (Å²) in [6.07, 6.45) is 3.41. The van der Waals surface area contributed by atoms with Gasteiger partial charge in [-0.25, -0.2) is 0 Å². The predicted octanol–water partition coefficient (Wildman–Crippen LogP) is 1.36. The molecule has 0 bridgehead atoms. The maximum Gasteiger partial charge on any atom is 0.251 e. The molecule has 0 unspecified atom stereocenters. The fourth-order valence-electron chi connectivity index (χ4n) is 0.987. The molecular weight excluding hydrogens is 126 g/mol. The van der Waals surface area contributed by atoms with Gasteiger partial charge in [0.25, 0.3) is 5.91 Å². The third-order valence-corrected chi connectivity index (χ3v) is 1.77. The van der Waals surface area contributed by atoms with Crippen molar-refractivity contribution in [3.05, 3.63) is 23.9 Å². The van der Waals surface area contributed by atoms with Crippen LogP contribution in [0.1, 0.15) is 19.8 Å². The Morgan fingerprint density at radius 3 is 2.70 bits per heavy atom. The van der Waals surface area contributed by atoms with Gasteiger partial charge in [0.05, 0.1) is 0 Å². The second-order valence-corrected chi connectivity index (χ2v) is 2.44. The lowest BCUT2D eigenvalue weighted by Crippen LogP contribution is -2.23. The van der Waals surface area contributed by atoms with Crippen molar-refractivity contribution in [2.24, 2.45) is 0 Å². The molecule has 2 heteroatoms. The minimum Gasteiger partial charge on any atom is -0.329 e. The van der Waals surface area contributed by atoms with Gasteiger partial charge in [-0.1, -0.05) is 12.2 Å². The van der Waals surface area contributed by atoms with Gasteiger partial charge in [-0.15, -0.1) is 0 Å². The zero-order valence-electron chi connectivity index (χ0n) is 6.11. The lowest BCUT2D eigenvalue weighted by atomic mass is 9.89. The molecule has 0 aromatic rings. The molecule has 1 N–H and O–H groups in total. The molecule has 0 radical (unpaired) electrons. The van der Waals surface area contributed by atoms with Crippen LogP contribution < -0.4 is 5.32 Å². The molecule has 1 aliphatic carbocycles. The Morgan fingerprint density at radius 2 is 2.40 bits per heavy atom. The number of hydrogen-bond acceptors (Lipinski definition) is 1. The van der Waals surface area contributed by atoms with Crippen molar-refractivity contribution >= 4 is 5.91 Å². The first kappa shape index (κ1) is 7.06. The average molecular weight is 137 g/mol. The molecule has 0 atom stereocenters. The molecule has 0 heterocycles. The highest BCUT2D eigenvalue weighted by Crippen LogP contribution is 2.26. The molecule has 0 fully saturated rings. The summed E-state index contributed by atoms with van der Waals surface area (Å²) in [5, 5.41) is 2.54. The Hall–Kier alpha value is -1.05. The van der Waals surface area contributed by atoms with E-state index in [0.717, 1.165) is 18.4 Å². The van der Waals surface area contributed by atoms with Crippen LogP contribution in [-0.2, 0) is 4.79 Å². The van der Waals surface area contributed by atoms with Crippen LogP contribution in [0, 0.1) is 0 Å². The van der Waals surface area contributed by atoms with Crippen LogP contribution in [0.5, 0.6) is 0 Å². The average Bonchev–Trinajstić information content (AvgIpc) is 1.85. The Labute approximate surface area is 60.6 Å². The lowest BCUT2D eigenvalue weighted by Gasteiger charge is -2.18. The molecule has 0 spiro atoms. The SMILES string of the molecule is C=CNC(=O)C1=C(C)CC1. The molecule has 1 aliphatic rings. The number of carbonyl (C=O) groups is 1. The van der Waals surface area contributed by atoms with E-state index in [0.29, 0.717) is 0 Å². The molecule has 10 heavy (non-hydrogen) atoms. The van der Waals surface area contributed by atoms with E-state index in [1.54, 1.807) is 0 Å². The summed E-state index contributed by atoms with van der Waals surface area (Å²) >= 11 is 0. The molecule has 0 saturated heterocycles. The van der Waals surface area contributed by atoms with Gasteiger partial charge < -0.3 is 5.32 Å². The van der Waals surface area contributed by atoms with E-state index in [1.165, 1.54) is 11.8 Å². The van der Waals surface area contributed by atoms with Crippen molar-refractivity contribution in [3.63, 3.8) is 0 Å². The first-order valence-corrected chi connectivity index (χ1v) is 3.36. The minimum absolute atomic E-state index is 0.0127. The summed E-state index contributed by atoms with van der Waals surface area (Å²) in [6, 6.07) is 0. The number of nitrogens with one attached hydrogen (secondary N) is 1. The van der Waals surface area contributed by atoms with E-state index < -0.39 is 0 Å². The summed E-state index contributed by atoms with van der Waals surface area (Å²) in [7, 11) is 0. The molecule has 0 aliphatic heterocycles. The quantitative estimate of drug-likeness (QED) is 0.611. The van der Waals surface area contributed by atoms with Gasteiger partial charge in [-0.3, -0.25) is 4.79 Å². The molecule has 0 saturated carbocycles. The maximum absolute atomic E-state index is 11.0. The van der Waals surface area contributed by atoms with Crippen LogP contribution in [0.25, 0.3) is 0 Å².